The number of benzene rings is 2. The summed E-state index contributed by atoms with van der Waals surface area (Å²) in [5.74, 6) is 0.0128. The summed E-state index contributed by atoms with van der Waals surface area (Å²) in [6.07, 6.45) is 0. The quantitative estimate of drug-likeness (QED) is 0.922. The fraction of sp³-hybridized carbons (Fsp3) is 0.278. The van der Waals surface area contributed by atoms with Crippen molar-refractivity contribution >= 4 is 11.6 Å². The molecule has 0 saturated heterocycles. The second kappa shape index (κ2) is 7.09. The van der Waals surface area contributed by atoms with Crippen molar-refractivity contribution in [2.24, 2.45) is 5.73 Å². The van der Waals surface area contributed by atoms with E-state index < -0.39 is 0 Å². The molecule has 0 radical (unpaired) electrons. The topological polar surface area (TPSA) is 49.6 Å². The van der Waals surface area contributed by atoms with Crippen molar-refractivity contribution in [3.05, 3.63) is 65.2 Å². The van der Waals surface area contributed by atoms with Crippen molar-refractivity contribution in [2.45, 2.75) is 13.1 Å². The number of hydrogen-bond acceptors (Lipinski definition) is 3. The smallest absolute Gasteiger partial charge is 0.253 e. The molecule has 0 aliphatic rings. The summed E-state index contributed by atoms with van der Waals surface area (Å²) in [5, 5.41) is 0. The monoisotopic (exact) mass is 297 g/mol. The summed E-state index contributed by atoms with van der Waals surface area (Å²) >= 11 is 0. The van der Waals surface area contributed by atoms with E-state index in [0.717, 1.165) is 16.8 Å². The second-order valence-electron chi connectivity index (χ2n) is 5.63. The summed E-state index contributed by atoms with van der Waals surface area (Å²) in [5.41, 5.74) is 9.53. The Morgan fingerprint density at radius 1 is 1.00 bits per heavy atom. The highest BCUT2D eigenvalue weighted by Crippen LogP contribution is 2.16. The highest BCUT2D eigenvalue weighted by molar-refractivity contribution is 5.94. The van der Waals surface area contributed by atoms with Crippen LogP contribution in [-0.2, 0) is 13.1 Å². The molecule has 0 atom stereocenters. The van der Waals surface area contributed by atoms with Crippen LogP contribution in [0.5, 0.6) is 0 Å². The third-order valence-electron chi connectivity index (χ3n) is 3.63. The van der Waals surface area contributed by atoms with E-state index in [9.17, 15) is 4.79 Å². The zero-order valence-electron chi connectivity index (χ0n) is 13.4. The van der Waals surface area contributed by atoms with Crippen molar-refractivity contribution in [3.63, 3.8) is 0 Å². The van der Waals surface area contributed by atoms with E-state index in [-0.39, 0.29) is 5.91 Å². The Bertz CT molecular complexity index is 635. The second-order valence-corrected chi connectivity index (χ2v) is 5.63. The third kappa shape index (κ3) is 3.86. The minimum atomic E-state index is 0.0128. The molecule has 0 aliphatic carbocycles. The maximum Gasteiger partial charge on any atom is 0.253 e. The molecule has 2 aromatic rings. The maximum atomic E-state index is 12.5. The summed E-state index contributed by atoms with van der Waals surface area (Å²) in [4.78, 5) is 16.2. The number of nitrogens with two attached hydrogens (primary N) is 1. The molecule has 4 heteroatoms. The lowest BCUT2D eigenvalue weighted by Crippen LogP contribution is -2.26. The van der Waals surface area contributed by atoms with Gasteiger partial charge in [-0.15, -0.1) is 0 Å². The lowest BCUT2D eigenvalue weighted by molar-refractivity contribution is 0.0785. The number of amides is 1. The van der Waals surface area contributed by atoms with Crippen molar-refractivity contribution in [1.82, 2.24) is 4.90 Å². The van der Waals surface area contributed by atoms with Crippen molar-refractivity contribution in [3.8, 4) is 0 Å². The van der Waals surface area contributed by atoms with Crippen LogP contribution in [0.3, 0.4) is 0 Å². The minimum Gasteiger partial charge on any atom is -0.378 e. The molecular weight excluding hydrogens is 274 g/mol. The number of anilines is 1. The summed E-state index contributed by atoms with van der Waals surface area (Å²) in [7, 11) is 5.83. The van der Waals surface area contributed by atoms with E-state index in [1.807, 2.05) is 57.5 Å². The van der Waals surface area contributed by atoms with Gasteiger partial charge in [0.1, 0.15) is 0 Å². The molecule has 1 amide bonds. The first-order chi connectivity index (χ1) is 10.5. The molecule has 2 aromatic carbocycles. The number of hydrogen-bond donors (Lipinski definition) is 1. The molecular formula is C18H23N3O. The molecule has 0 unspecified atom stereocenters. The zero-order valence-corrected chi connectivity index (χ0v) is 13.4. The Hall–Kier alpha value is -2.33. The van der Waals surface area contributed by atoms with Gasteiger partial charge in [-0.2, -0.15) is 0 Å². The largest absolute Gasteiger partial charge is 0.378 e. The Morgan fingerprint density at radius 3 is 2.27 bits per heavy atom. The zero-order chi connectivity index (χ0) is 16.1. The Balaban J connectivity index is 2.08. The van der Waals surface area contributed by atoms with Crippen LogP contribution in [0.25, 0.3) is 0 Å². The van der Waals surface area contributed by atoms with Gasteiger partial charge in [-0.1, -0.05) is 24.3 Å². The molecule has 2 rings (SSSR count). The Kier molecular flexibility index (Phi) is 5.17. The molecule has 0 bridgehead atoms. The SMILES string of the molecule is CN(Cc1cccc(N(C)C)c1)C(=O)c1ccc(CN)cc1. The van der Waals surface area contributed by atoms with Crippen LogP contribution in [0.2, 0.25) is 0 Å². The van der Waals surface area contributed by atoms with Crippen LogP contribution in [0.1, 0.15) is 21.5 Å². The standard InChI is InChI=1S/C18H23N3O/c1-20(2)17-6-4-5-15(11-17)13-21(3)18(22)16-9-7-14(12-19)8-10-16/h4-11H,12-13,19H2,1-3H3. The summed E-state index contributed by atoms with van der Waals surface area (Å²) in [6, 6.07) is 15.7. The van der Waals surface area contributed by atoms with Crippen LogP contribution in [0.4, 0.5) is 5.69 Å². The van der Waals surface area contributed by atoms with Gasteiger partial charge in [-0.05, 0) is 35.4 Å². The molecule has 4 nitrogen and oxygen atoms in total. The summed E-state index contributed by atoms with van der Waals surface area (Å²) < 4.78 is 0. The number of carbonyl (C=O) groups is 1. The molecule has 0 saturated carbocycles. The van der Waals surface area contributed by atoms with Gasteiger partial charge in [0.2, 0.25) is 0 Å². The first kappa shape index (κ1) is 16.0. The first-order valence-corrected chi connectivity index (χ1v) is 7.32. The normalized spacial score (nSPS) is 10.4. The van der Waals surface area contributed by atoms with Gasteiger partial charge in [0.15, 0.2) is 0 Å². The molecule has 0 fully saturated rings. The van der Waals surface area contributed by atoms with Gasteiger partial charge in [0.25, 0.3) is 5.91 Å². The van der Waals surface area contributed by atoms with E-state index in [4.69, 9.17) is 5.73 Å². The summed E-state index contributed by atoms with van der Waals surface area (Å²) in [6.45, 7) is 1.07. The van der Waals surface area contributed by atoms with Crippen LogP contribution in [0, 0.1) is 0 Å². The molecule has 116 valence electrons. The number of carbonyl (C=O) groups excluding carboxylic acids is 1. The van der Waals surface area contributed by atoms with Gasteiger partial charge in [0.05, 0.1) is 0 Å². The van der Waals surface area contributed by atoms with E-state index in [2.05, 4.69) is 17.0 Å². The van der Waals surface area contributed by atoms with E-state index in [0.29, 0.717) is 18.7 Å². The van der Waals surface area contributed by atoms with Gasteiger partial charge in [0, 0.05) is 45.5 Å². The van der Waals surface area contributed by atoms with Crippen LogP contribution in [-0.4, -0.2) is 32.0 Å². The lowest BCUT2D eigenvalue weighted by Gasteiger charge is -2.19. The molecule has 0 spiro atoms. The fourth-order valence-electron chi connectivity index (χ4n) is 2.28. The highest BCUT2D eigenvalue weighted by atomic mass is 16.2. The van der Waals surface area contributed by atoms with E-state index >= 15 is 0 Å². The molecule has 0 heterocycles. The van der Waals surface area contributed by atoms with Gasteiger partial charge in [-0.25, -0.2) is 0 Å². The van der Waals surface area contributed by atoms with Crippen molar-refractivity contribution < 1.29 is 4.79 Å². The van der Waals surface area contributed by atoms with Crippen LogP contribution < -0.4 is 10.6 Å². The Morgan fingerprint density at radius 2 is 1.68 bits per heavy atom. The molecule has 0 aromatic heterocycles. The third-order valence-corrected chi connectivity index (χ3v) is 3.63. The van der Waals surface area contributed by atoms with Crippen LogP contribution >= 0.6 is 0 Å². The minimum absolute atomic E-state index is 0.0128. The molecule has 2 N–H and O–H groups in total. The van der Waals surface area contributed by atoms with Crippen LogP contribution in [0.15, 0.2) is 48.5 Å². The number of nitrogens with zero attached hydrogens (tertiary/aromatic N) is 2. The van der Waals surface area contributed by atoms with Gasteiger partial charge < -0.3 is 15.5 Å². The van der Waals surface area contributed by atoms with Crippen molar-refractivity contribution in [1.29, 1.82) is 0 Å². The Labute approximate surface area is 132 Å². The average Bonchev–Trinajstić information content (AvgIpc) is 2.54. The first-order valence-electron chi connectivity index (χ1n) is 7.32. The van der Waals surface area contributed by atoms with E-state index in [1.165, 1.54) is 0 Å². The predicted octanol–water partition coefficient (Wildman–Crippen LogP) is 2.48. The maximum absolute atomic E-state index is 12.5. The average molecular weight is 297 g/mol. The highest BCUT2D eigenvalue weighted by Gasteiger charge is 2.12. The van der Waals surface area contributed by atoms with Gasteiger partial charge in [-0.3, -0.25) is 4.79 Å². The van der Waals surface area contributed by atoms with Gasteiger partial charge >= 0.3 is 0 Å². The lowest BCUT2D eigenvalue weighted by atomic mass is 10.1. The molecule has 0 aliphatic heterocycles. The predicted molar refractivity (Wildman–Crippen MR) is 90.9 cm³/mol. The number of rotatable bonds is 5. The molecule has 22 heavy (non-hydrogen) atoms. The van der Waals surface area contributed by atoms with E-state index in [1.54, 1.807) is 4.90 Å². The fourth-order valence-corrected chi connectivity index (χ4v) is 2.28. The van der Waals surface area contributed by atoms with Crippen molar-refractivity contribution in [2.75, 3.05) is 26.0 Å².